The predicted octanol–water partition coefficient (Wildman–Crippen LogP) is 8.32. The zero-order valence-corrected chi connectivity index (χ0v) is 34.7. The number of unbranched alkanes of at least 4 members (excludes halogenated alkanes) is 2. The Hall–Kier alpha value is -5.44. The number of nitro groups is 1. The summed E-state index contributed by atoms with van der Waals surface area (Å²) in [7, 11) is 1.75. The number of benzene rings is 3. The van der Waals surface area contributed by atoms with Crippen LogP contribution in [0.4, 0.5) is 5.69 Å². The number of aliphatic hydroxyl groups excluding tert-OH is 2. The van der Waals surface area contributed by atoms with Crippen molar-refractivity contribution >= 4 is 17.3 Å². The van der Waals surface area contributed by atoms with E-state index in [9.17, 15) is 25.1 Å². The third-order valence-corrected chi connectivity index (χ3v) is 11.7. The lowest BCUT2D eigenvalue weighted by Gasteiger charge is -2.59. The number of hydrogen-bond acceptors (Lipinski definition) is 12. The van der Waals surface area contributed by atoms with Gasteiger partial charge in [0.1, 0.15) is 28.9 Å². The number of rotatable bonds is 17. The van der Waals surface area contributed by atoms with E-state index in [2.05, 4.69) is 12.7 Å². The third-order valence-electron chi connectivity index (χ3n) is 11.7. The second-order valence-electron chi connectivity index (χ2n) is 16.8. The van der Waals surface area contributed by atoms with Crippen molar-refractivity contribution in [3.63, 3.8) is 0 Å². The van der Waals surface area contributed by atoms with Gasteiger partial charge in [0.05, 0.1) is 29.2 Å². The van der Waals surface area contributed by atoms with Crippen molar-refractivity contribution in [1.82, 2.24) is 4.90 Å². The van der Waals surface area contributed by atoms with Crippen molar-refractivity contribution in [1.29, 1.82) is 0 Å². The number of hydrogen-bond donors (Lipinski definition) is 2. The number of nitro benzene ring substituents is 1. The van der Waals surface area contributed by atoms with Gasteiger partial charge in [-0.15, -0.1) is 6.58 Å². The minimum atomic E-state index is -1.45. The summed E-state index contributed by atoms with van der Waals surface area (Å²) in [6.07, 6.45) is 8.54. The van der Waals surface area contributed by atoms with Crippen LogP contribution in [0, 0.1) is 27.9 Å². The summed E-state index contributed by atoms with van der Waals surface area (Å²) >= 11 is 0. The van der Waals surface area contributed by atoms with Gasteiger partial charge in [-0.3, -0.25) is 14.9 Å². The van der Waals surface area contributed by atoms with Crippen molar-refractivity contribution in [2.45, 2.75) is 89.1 Å². The number of allylic oxidation sites excluding steroid dienone is 1. The molecule has 3 aromatic rings. The van der Waals surface area contributed by atoms with E-state index in [1.807, 2.05) is 32.9 Å². The first-order valence-electron chi connectivity index (χ1n) is 20.7. The van der Waals surface area contributed by atoms with Crippen molar-refractivity contribution in [2.24, 2.45) is 22.9 Å². The van der Waals surface area contributed by atoms with Gasteiger partial charge in [-0.1, -0.05) is 36.2 Å². The van der Waals surface area contributed by atoms with Crippen LogP contribution in [0.3, 0.4) is 0 Å². The highest BCUT2D eigenvalue weighted by molar-refractivity contribution is 6.03. The Balaban J connectivity index is 1.43. The van der Waals surface area contributed by atoms with Crippen LogP contribution >= 0.6 is 0 Å². The summed E-state index contributed by atoms with van der Waals surface area (Å²) in [5.41, 5.74) is 2.11. The van der Waals surface area contributed by atoms with Crippen molar-refractivity contribution in [2.75, 3.05) is 33.7 Å². The van der Waals surface area contributed by atoms with Gasteiger partial charge in [0.25, 0.3) is 11.6 Å². The molecule has 0 spiro atoms. The molecule has 320 valence electrons. The molecule has 2 N–H and O–H groups in total. The van der Waals surface area contributed by atoms with Gasteiger partial charge in [-0.2, -0.15) is 0 Å². The van der Waals surface area contributed by atoms with Crippen molar-refractivity contribution in [3.8, 4) is 28.7 Å². The molecule has 0 aromatic heterocycles. The molecule has 0 bridgehead atoms. The van der Waals surface area contributed by atoms with Crippen molar-refractivity contribution < 1.29 is 48.5 Å². The number of carbonyl (C=O) groups excluding carboxylic acids is 1. The zero-order chi connectivity index (χ0) is 42.6. The van der Waals surface area contributed by atoms with E-state index in [0.717, 1.165) is 36.8 Å². The van der Waals surface area contributed by atoms with E-state index in [1.165, 1.54) is 12.1 Å². The Labute approximate surface area is 350 Å². The van der Waals surface area contributed by atoms with E-state index in [4.69, 9.17) is 33.7 Å². The highest BCUT2D eigenvalue weighted by Gasteiger charge is 2.65. The first-order chi connectivity index (χ1) is 28.9. The second-order valence-corrected chi connectivity index (χ2v) is 16.8. The Bertz CT molecular complexity index is 2130. The molecule has 1 saturated carbocycles. The molecule has 2 aliphatic carbocycles. The average Bonchev–Trinajstić information content (AvgIpc) is 3.71. The van der Waals surface area contributed by atoms with Gasteiger partial charge >= 0.3 is 0 Å². The van der Waals surface area contributed by atoms with E-state index in [0.29, 0.717) is 52.9 Å². The molecule has 1 fully saturated rings. The summed E-state index contributed by atoms with van der Waals surface area (Å²) in [6.45, 7) is 10.1. The Morgan fingerprint density at radius 2 is 1.73 bits per heavy atom. The van der Waals surface area contributed by atoms with Crippen LogP contribution < -0.4 is 18.9 Å². The Kier molecular flexibility index (Phi) is 12.8. The minimum absolute atomic E-state index is 0.00943. The molecule has 6 atom stereocenters. The predicted molar refractivity (Wildman–Crippen MR) is 224 cm³/mol. The van der Waals surface area contributed by atoms with Gasteiger partial charge in [0.2, 0.25) is 12.6 Å². The van der Waals surface area contributed by atoms with Crippen LogP contribution in [-0.4, -0.2) is 82.7 Å². The lowest BCUT2D eigenvalue weighted by molar-refractivity contribution is -0.384. The SMILES string of the molecule is C=CCO[C@@]12Oc3ccc(Oc4cccc([N+](=O)[O-])c4)cc3[C@H]3[C@H](CCCCO)[C@@H](CCCCO)C=C(C(=NOC(C)(C)C)C[C@@H]1N(C)C(=O)c1ccc4c(c1)OCO4)[C@H]32. The van der Waals surface area contributed by atoms with E-state index >= 15 is 0 Å². The van der Waals surface area contributed by atoms with E-state index < -0.39 is 28.3 Å². The molecule has 0 radical (unpaired) electrons. The van der Waals surface area contributed by atoms with Crippen LogP contribution in [0.5, 0.6) is 28.7 Å². The molecular weight excluding hydrogens is 771 g/mol. The molecule has 60 heavy (non-hydrogen) atoms. The molecule has 14 nitrogen and oxygen atoms in total. The smallest absolute Gasteiger partial charge is 0.273 e. The average molecular weight is 826 g/mol. The molecule has 1 amide bonds. The number of ether oxygens (including phenoxy) is 5. The van der Waals surface area contributed by atoms with Crippen LogP contribution in [0.15, 0.2) is 90.1 Å². The number of nitrogens with zero attached hydrogens (tertiary/aromatic N) is 3. The summed E-state index contributed by atoms with van der Waals surface area (Å²) in [6, 6.07) is 16.0. The molecule has 3 aromatic carbocycles. The fraction of sp³-hybridized carbons (Fsp3) is 0.478. The van der Waals surface area contributed by atoms with Crippen LogP contribution in [0.1, 0.15) is 87.6 Å². The molecule has 14 heteroatoms. The first-order valence-corrected chi connectivity index (χ1v) is 20.7. The number of likely N-dealkylation sites (N-methyl/N-ethyl adjacent to an activating group) is 1. The van der Waals surface area contributed by atoms with Gasteiger partial charge in [-0.25, -0.2) is 0 Å². The standard InChI is InChI=1S/C46H55N3O11/c1-6-22-57-46-41(48(5)44(52)30-16-18-39-40(24-30)56-28-55-39)27-37(47-60-45(2,3)4)35-23-29(12-7-9-20-50)34(15-8-10-21-51)42(43(35)46)36-26-33(17-19-38(36)59-46)58-32-14-11-13-31(25-32)49(53)54/h6,11,13-14,16-19,23-26,29,34,41-43,50-51H,1,7-10,12,15,20-22,27-28H2,2-5H3/t29-,34+,41-,42+,43+,46+/m0/s1. The normalized spacial score (nSPS) is 24.4. The quantitative estimate of drug-likeness (QED) is 0.0580. The number of non-ortho nitro benzene ring substituents is 1. The van der Waals surface area contributed by atoms with Gasteiger partial charge in [0, 0.05) is 49.8 Å². The summed E-state index contributed by atoms with van der Waals surface area (Å²) in [4.78, 5) is 33.7. The molecule has 2 aliphatic heterocycles. The second kappa shape index (κ2) is 18.0. The van der Waals surface area contributed by atoms with E-state index in [-0.39, 0.29) is 62.4 Å². The molecular formula is C46H55N3O11. The Morgan fingerprint density at radius 3 is 2.47 bits per heavy atom. The van der Waals surface area contributed by atoms with Gasteiger partial charge in [-0.05, 0) is 106 Å². The maximum absolute atomic E-state index is 14.7. The summed E-state index contributed by atoms with van der Waals surface area (Å²) in [5.74, 6) is -0.164. The van der Waals surface area contributed by atoms with Crippen LogP contribution in [0.2, 0.25) is 0 Å². The molecule has 0 unspecified atom stereocenters. The first kappa shape index (κ1) is 42.7. The molecule has 4 aliphatic rings. The highest BCUT2D eigenvalue weighted by Crippen LogP contribution is 2.62. The molecule has 0 saturated heterocycles. The van der Waals surface area contributed by atoms with E-state index in [1.54, 1.807) is 54.4 Å². The fourth-order valence-corrected chi connectivity index (χ4v) is 9.15. The number of amides is 1. The lowest BCUT2D eigenvalue weighted by atomic mass is 9.55. The lowest BCUT2D eigenvalue weighted by Crippen LogP contribution is -2.69. The number of carbonyl (C=O) groups is 1. The topological polar surface area (TPSA) is 172 Å². The number of aliphatic hydroxyl groups is 2. The summed E-state index contributed by atoms with van der Waals surface area (Å²) < 4.78 is 31.7. The highest BCUT2D eigenvalue weighted by atomic mass is 16.7. The molecule has 2 heterocycles. The zero-order valence-electron chi connectivity index (χ0n) is 34.7. The Morgan fingerprint density at radius 1 is 1.00 bits per heavy atom. The third kappa shape index (κ3) is 8.72. The van der Waals surface area contributed by atoms with Gasteiger partial charge in [0.15, 0.2) is 11.5 Å². The van der Waals surface area contributed by atoms with Crippen LogP contribution in [-0.2, 0) is 9.57 Å². The van der Waals surface area contributed by atoms with Crippen molar-refractivity contribution in [3.05, 3.63) is 106 Å². The molecule has 7 rings (SSSR count). The minimum Gasteiger partial charge on any atom is -0.459 e. The fourth-order valence-electron chi connectivity index (χ4n) is 9.15. The van der Waals surface area contributed by atoms with Gasteiger partial charge < -0.3 is 43.6 Å². The summed E-state index contributed by atoms with van der Waals surface area (Å²) in [5, 5.41) is 36.3. The maximum Gasteiger partial charge on any atom is 0.273 e. The maximum atomic E-state index is 14.7. The van der Waals surface area contributed by atoms with Crippen LogP contribution in [0.25, 0.3) is 0 Å². The number of fused-ring (bicyclic) bond motifs is 3. The largest absolute Gasteiger partial charge is 0.459 e. The number of oxime groups is 1. The monoisotopic (exact) mass is 825 g/mol.